The molecular weight excluding hydrogens is 218 g/mol. The second-order valence-electron chi connectivity index (χ2n) is 4.51. The lowest BCUT2D eigenvalue weighted by Gasteiger charge is -2.15. The standard InChI is InChI=1S/C12H15N3S/c1-12(2,13)7-11-15-10(8-16-11)9-5-3-4-6-14-9/h3-6,8H,7,13H2,1-2H3. The van der Waals surface area contributed by atoms with Crippen molar-refractivity contribution in [2.24, 2.45) is 5.73 Å². The van der Waals surface area contributed by atoms with Crippen molar-refractivity contribution in [2.45, 2.75) is 25.8 Å². The molecule has 0 aliphatic heterocycles. The number of thiazole rings is 1. The van der Waals surface area contributed by atoms with Gasteiger partial charge in [-0.2, -0.15) is 0 Å². The van der Waals surface area contributed by atoms with Crippen LogP contribution in [-0.2, 0) is 6.42 Å². The molecule has 0 unspecified atom stereocenters. The third-order valence-electron chi connectivity index (χ3n) is 2.09. The van der Waals surface area contributed by atoms with Crippen LogP contribution >= 0.6 is 11.3 Å². The van der Waals surface area contributed by atoms with Gasteiger partial charge in [-0.25, -0.2) is 4.98 Å². The van der Waals surface area contributed by atoms with Gasteiger partial charge in [0.15, 0.2) is 0 Å². The van der Waals surface area contributed by atoms with Crippen molar-refractivity contribution in [3.63, 3.8) is 0 Å². The van der Waals surface area contributed by atoms with Crippen molar-refractivity contribution in [1.82, 2.24) is 9.97 Å². The molecule has 3 nitrogen and oxygen atoms in total. The molecule has 0 aliphatic rings. The Bertz CT molecular complexity index is 457. The van der Waals surface area contributed by atoms with E-state index in [1.54, 1.807) is 17.5 Å². The molecule has 0 fully saturated rings. The molecule has 0 spiro atoms. The van der Waals surface area contributed by atoms with Crippen LogP contribution in [-0.4, -0.2) is 15.5 Å². The molecule has 0 amide bonds. The third kappa shape index (κ3) is 2.87. The SMILES string of the molecule is CC(C)(N)Cc1nc(-c2ccccn2)cs1. The third-order valence-corrected chi connectivity index (χ3v) is 2.93. The lowest BCUT2D eigenvalue weighted by molar-refractivity contribution is 0.515. The van der Waals surface area contributed by atoms with Crippen molar-refractivity contribution < 1.29 is 0 Å². The van der Waals surface area contributed by atoms with Gasteiger partial charge in [-0.3, -0.25) is 4.98 Å². The molecule has 0 aliphatic carbocycles. The first kappa shape index (κ1) is 11.2. The van der Waals surface area contributed by atoms with E-state index in [4.69, 9.17) is 5.73 Å². The number of rotatable bonds is 3. The molecule has 0 radical (unpaired) electrons. The highest BCUT2D eigenvalue weighted by molar-refractivity contribution is 7.09. The van der Waals surface area contributed by atoms with E-state index < -0.39 is 0 Å². The van der Waals surface area contributed by atoms with Gasteiger partial charge in [0.25, 0.3) is 0 Å². The zero-order valence-corrected chi connectivity index (χ0v) is 10.3. The van der Waals surface area contributed by atoms with Gasteiger partial charge < -0.3 is 5.73 Å². The molecule has 2 heterocycles. The van der Waals surface area contributed by atoms with Crippen molar-refractivity contribution in [2.75, 3.05) is 0 Å². The predicted octanol–water partition coefficient (Wildman–Crippen LogP) is 2.48. The number of pyridine rings is 1. The maximum absolute atomic E-state index is 5.97. The van der Waals surface area contributed by atoms with Gasteiger partial charge in [0.05, 0.1) is 16.4 Å². The van der Waals surface area contributed by atoms with Crippen molar-refractivity contribution >= 4 is 11.3 Å². The highest BCUT2D eigenvalue weighted by atomic mass is 32.1. The van der Waals surface area contributed by atoms with E-state index in [9.17, 15) is 0 Å². The van der Waals surface area contributed by atoms with Crippen LogP contribution in [0.15, 0.2) is 29.8 Å². The number of nitrogens with zero attached hydrogens (tertiary/aromatic N) is 2. The number of hydrogen-bond acceptors (Lipinski definition) is 4. The van der Waals surface area contributed by atoms with Gasteiger partial charge in [-0.1, -0.05) is 6.07 Å². The number of aromatic nitrogens is 2. The van der Waals surface area contributed by atoms with Crippen molar-refractivity contribution in [3.8, 4) is 11.4 Å². The van der Waals surface area contributed by atoms with Crippen molar-refractivity contribution in [3.05, 3.63) is 34.8 Å². The first-order chi connectivity index (χ1) is 7.54. The molecule has 4 heteroatoms. The Labute approximate surface area is 99.4 Å². The summed E-state index contributed by atoms with van der Waals surface area (Å²) in [6.07, 6.45) is 2.58. The van der Waals surface area contributed by atoms with Crippen LogP contribution in [0.2, 0.25) is 0 Å². The van der Waals surface area contributed by atoms with E-state index in [-0.39, 0.29) is 5.54 Å². The van der Waals surface area contributed by atoms with E-state index in [0.29, 0.717) is 0 Å². The Morgan fingerprint density at radius 1 is 1.31 bits per heavy atom. The van der Waals surface area contributed by atoms with Crippen LogP contribution in [0, 0.1) is 0 Å². The van der Waals surface area contributed by atoms with E-state index in [2.05, 4.69) is 9.97 Å². The van der Waals surface area contributed by atoms with Crippen LogP contribution in [0.4, 0.5) is 0 Å². The van der Waals surface area contributed by atoms with Crippen LogP contribution in [0.5, 0.6) is 0 Å². The Morgan fingerprint density at radius 2 is 2.12 bits per heavy atom. The summed E-state index contributed by atoms with van der Waals surface area (Å²) in [5.41, 5.74) is 7.61. The number of hydrogen-bond donors (Lipinski definition) is 1. The topological polar surface area (TPSA) is 51.8 Å². The molecule has 2 aromatic rings. The fraction of sp³-hybridized carbons (Fsp3) is 0.333. The monoisotopic (exact) mass is 233 g/mol. The highest BCUT2D eigenvalue weighted by Gasteiger charge is 2.14. The highest BCUT2D eigenvalue weighted by Crippen LogP contribution is 2.21. The summed E-state index contributed by atoms with van der Waals surface area (Å²) in [4.78, 5) is 8.81. The molecule has 2 aromatic heterocycles. The van der Waals surface area contributed by atoms with E-state index >= 15 is 0 Å². The Kier molecular flexibility index (Phi) is 3.03. The molecular formula is C12H15N3S. The summed E-state index contributed by atoms with van der Waals surface area (Å²) >= 11 is 1.64. The molecule has 0 saturated heterocycles. The van der Waals surface area contributed by atoms with Gasteiger partial charge in [0.1, 0.15) is 0 Å². The lowest BCUT2D eigenvalue weighted by atomic mass is 10.0. The van der Waals surface area contributed by atoms with Gasteiger partial charge in [-0.15, -0.1) is 11.3 Å². The lowest BCUT2D eigenvalue weighted by Crippen LogP contribution is -2.34. The van der Waals surface area contributed by atoms with Gasteiger partial charge in [0, 0.05) is 23.5 Å². The summed E-state index contributed by atoms with van der Waals surface area (Å²) in [5, 5.41) is 3.09. The molecule has 0 aromatic carbocycles. The first-order valence-corrected chi connectivity index (χ1v) is 6.07. The zero-order chi connectivity index (χ0) is 11.6. The largest absolute Gasteiger partial charge is 0.325 e. The fourth-order valence-corrected chi connectivity index (χ4v) is 2.44. The van der Waals surface area contributed by atoms with E-state index in [1.165, 1.54) is 0 Å². The minimum Gasteiger partial charge on any atom is -0.325 e. The fourth-order valence-electron chi connectivity index (χ4n) is 1.41. The second kappa shape index (κ2) is 4.31. The average Bonchev–Trinajstić information content (AvgIpc) is 2.65. The van der Waals surface area contributed by atoms with Crippen LogP contribution in [0.25, 0.3) is 11.4 Å². The minimum atomic E-state index is -0.209. The van der Waals surface area contributed by atoms with Crippen LogP contribution in [0.1, 0.15) is 18.9 Å². The summed E-state index contributed by atoms with van der Waals surface area (Å²) in [5.74, 6) is 0. The minimum absolute atomic E-state index is 0.209. The molecule has 0 atom stereocenters. The second-order valence-corrected chi connectivity index (χ2v) is 5.45. The predicted molar refractivity (Wildman–Crippen MR) is 67.3 cm³/mol. The Morgan fingerprint density at radius 3 is 2.75 bits per heavy atom. The quantitative estimate of drug-likeness (QED) is 0.886. The molecule has 16 heavy (non-hydrogen) atoms. The molecule has 0 bridgehead atoms. The molecule has 84 valence electrons. The normalized spacial score (nSPS) is 11.7. The van der Waals surface area contributed by atoms with Crippen LogP contribution in [0.3, 0.4) is 0 Å². The number of nitrogens with two attached hydrogens (primary N) is 1. The zero-order valence-electron chi connectivity index (χ0n) is 9.47. The summed E-state index contributed by atoms with van der Waals surface area (Å²) in [6, 6.07) is 5.83. The summed E-state index contributed by atoms with van der Waals surface area (Å²) in [7, 11) is 0. The molecule has 0 saturated carbocycles. The van der Waals surface area contributed by atoms with Gasteiger partial charge in [-0.05, 0) is 26.0 Å². The smallest absolute Gasteiger partial charge is 0.0998 e. The van der Waals surface area contributed by atoms with Gasteiger partial charge >= 0.3 is 0 Å². The maximum Gasteiger partial charge on any atom is 0.0998 e. The molecule has 2 N–H and O–H groups in total. The van der Waals surface area contributed by atoms with E-state index in [1.807, 2.05) is 37.4 Å². The molecule has 2 rings (SSSR count). The average molecular weight is 233 g/mol. The Hall–Kier alpha value is -1.26. The van der Waals surface area contributed by atoms with Crippen molar-refractivity contribution in [1.29, 1.82) is 0 Å². The Balaban J connectivity index is 2.21. The van der Waals surface area contributed by atoms with Crippen LogP contribution < -0.4 is 5.73 Å². The van der Waals surface area contributed by atoms with Gasteiger partial charge in [0.2, 0.25) is 0 Å². The maximum atomic E-state index is 5.97. The van der Waals surface area contributed by atoms with E-state index in [0.717, 1.165) is 22.8 Å². The first-order valence-electron chi connectivity index (χ1n) is 5.19. The summed E-state index contributed by atoms with van der Waals surface area (Å²) in [6.45, 7) is 4.02. The summed E-state index contributed by atoms with van der Waals surface area (Å²) < 4.78 is 0.